The van der Waals surface area contributed by atoms with Crippen molar-refractivity contribution in [1.82, 2.24) is 5.32 Å². The largest absolute Gasteiger partial charge is 0.394 e. The molecule has 0 saturated carbocycles. The van der Waals surface area contributed by atoms with Crippen molar-refractivity contribution in [1.29, 1.82) is 0 Å². The summed E-state index contributed by atoms with van der Waals surface area (Å²) < 4.78 is 0. The maximum Gasteiger partial charge on any atom is 0.220 e. The van der Waals surface area contributed by atoms with Gasteiger partial charge in [-0.2, -0.15) is 0 Å². The highest BCUT2D eigenvalue weighted by Gasteiger charge is 2.17. The fourth-order valence-electron chi connectivity index (χ4n) is 4.04. The van der Waals surface area contributed by atoms with Gasteiger partial charge in [-0.1, -0.05) is 148 Å². The molecule has 2 unspecified atom stereocenters. The summed E-state index contributed by atoms with van der Waals surface area (Å²) in [5, 5.41) is 22.4. The Kier molecular flexibility index (Phi) is 32.8. The average Bonchev–Trinajstić information content (AvgIpc) is 3.04. The Morgan fingerprint density at radius 3 is 1.31 bits per heavy atom. The van der Waals surface area contributed by atoms with Crippen LogP contribution in [0.3, 0.4) is 0 Å². The first-order chi connectivity index (χ1) is 22.2. The van der Waals surface area contributed by atoms with E-state index in [4.69, 9.17) is 0 Å². The van der Waals surface area contributed by atoms with E-state index in [1.54, 1.807) is 6.08 Å². The van der Waals surface area contributed by atoms with Crippen molar-refractivity contribution in [3.63, 3.8) is 0 Å². The van der Waals surface area contributed by atoms with E-state index in [0.717, 1.165) is 89.9 Å². The van der Waals surface area contributed by atoms with Crippen LogP contribution in [-0.2, 0) is 4.79 Å². The quantitative estimate of drug-likeness (QED) is 0.0604. The molecule has 0 saturated heterocycles. The van der Waals surface area contributed by atoms with Gasteiger partial charge >= 0.3 is 0 Å². The predicted octanol–water partition coefficient (Wildman–Crippen LogP) is 10.3. The first-order valence-electron chi connectivity index (χ1n) is 17.2. The molecule has 250 valence electrons. The van der Waals surface area contributed by atoms with Gasteiger partial charge < -0.3 is 15.5 Å². The third-order valence-electron chi connectivity index (χ3n) is 6.70. The summed E-state index contributed by atoms with van der Waals surface area (Å²) >= 11 is 0. The number of unbranched alkanes of at least 4 members (excludes halogenated alkanes) is 3. The van der Waals surface area contributed by atoms with Crippen LogP contribution in [0.15, 0.2) is 122 Å². The van der Waals surface area contributed by atoms with E-state index >= 15 is 0 Å². The van der Waals surface area contributed by atoms with Crippen molar-refractivity contribution >= 4 is 5.91 Å². The van der Waals surface area contributed by atoms with Crippen molar-refractivity contribution < 1.29 is 15.0 Å². The van der Waals surface area contributed by atoms with E-state index in [9.17, 15) is 15.0 Å². The Morgan fingerprint density at radius 1 is 0.556 bits per heavy atom. The lowest BCUT2D eigenvalue weighted by Crippen LogP contribution is -2.45. The fraction of sp³-hybridized carbons (Fsp3) is 0.488. The summed E-state index contributed by atoms with van der Waals surface area (Å²) in [4.78, 5) is 12.1. The zero-order chi connectivity index (χ0) is 32.9. The Morgan fingerprint density at radius 2 is 0.933 bits per heavy atom. The number of amides is 1. The smallest absolute Gasteiger partial charge is 0.220 e. The number of aliphatic hydroxyl groups excluding tert-OH is 2. The molecule has 0 aliphatic carbocycles. The van der Waals surface area contributed by atoms with Crippen LogP contribution in [0.5, 0.6) is 0 Å². The molecule has 0 aromatic rings. The molecule has 0 spiro atoms. The fourth-order valence-corrected chi connectivity index (χ4v) is 4.04. The first-order valence-corrected chi connectivity index (χ1v) is 17.2. The molecule has 4 nitrogen and oxygen atoms in total. The second-order valence-corrected chi connectivity index (χ2v) is 10.8. The molecular weight excluding hydrogens is 554 g/mol. The summed E-state index contributed by atoms with van der Waals surface area (Å²) in [6.07, 6.45) is 56.1. The molecule has 0 fully saturated rings. The van der Waals surface area contributed by atoms with Gasteiger partial charge in [-0.15, -0.1) is 0 Å². The summed E-state index contributed by atoms with van der Waals surface area (Å²) in [6, 6.07) is -0.657. The van der Waals surface area contributed by atoms with Crippen LogP contribution in [0, 0.1) is 0 Å². The van der Waals surface area contributed by atoms with Crippen molar-refractivity contribution in [2.75, 3.05) is 6.61 Å². The monoisotopic (exact) mass is 617 g/mol. The van der Waals surface area contributed by atoms with Crippen LogP contribution in [0.25, 0.3) is 0 Å². The van der Waals surface area contributed by atoms with Gasteiger partial charge in [-0.05, 0) is 77.0 Å². The lowest BCUT2D eigenvalue weighted by molar-refractivity contribution is -0.122. The Labute approximate surface area is 276 Å². The van der Waals surface area contributed by atoms with Crippen molar-refractivity contribution in [3.8, 4) is 0 Å². The minimum absolute atomic E-state index is 0.140. The van der Waals surface area contributed by atoms with E-state index in [-0.39, 0.29) is 12.5 Å². The topological polar surface area (TPSA) is 69.6 Å². The number of aliphatic hydroxyl groups is 2. The zero-order valence-electron chi connectivity index (χ0n) is 28.3. The molecule has 0 aromatic heterocycles. The number of rotatable bonds is 28. The molecule has 2 atom stereocenters. The van der Waals surface area contributed by atoms with Gasteiger partial charge in [-0.25, -0.2) is 0 Å². The van der Waals surface area contributed by atoms with Gasteiger partial charge in [0.15, 0.2) is 0 Å². The molecule has 0 rings (SSSR count). The number of carbonyl (C=O) groups is 1. The van der Waals surface area contributed by atoms with Gasteiger partial charge in [0, 0.05) is 6.42 Å². The molecule has 0 aliphatic heterocycles. The number of hydrogen-bond acceptors (Lipinski definition) is 3. The molecule has 1 amide bonds. The molecule has 0 heterocycles. The molecule has 3 N–H and O–H groups in total. The molecule has 0 aliphatic rings. The third-order valence-corrected chi connectivity index (χ3v) is 6.70. The second kappa shape index (κ2) is 35.3. The van der Waals surface area contributed by atoms with Crippen molar-refractivity contribution in [3.05, 3.63) is 122 Å². The SMILES string of the molecule is CC/C=C\C/C=C\C/C=C\C/C=C\C/C=C\C/C=C\C/C=C\C/C=C\C/C=C\CCCC(=O)NC(CO)C(O)/C=C/CCCC. The summed E-state index contributed by atoms with van der Waals surface area (Å²) in [7, 11) is 0. The first kappa shape index (κ1) is 41.8. The summed E-state index contributed by atoms with van der Waals surface area (Å²) in [5.41, 5.74) is 0. The molecular formula is C41H63NO3. The van der Waals surface area contributed by atoms with Gasteiger partial charge in [-0.3, -0.25) is 4.79 Å². The Balaban J connectivity index is 3.78. The third kappa shape index (κ3) is 32.0. The number of allylic oxidation sites excluding steroid dienone is 19. The second-order valence-electron chi connectivity index (χ2n) is 10.8. The number of carbonyl (C=O) groups excluding carboxylic acids is 1. The predicted molar refractivity (Wildman–Crippen MR) is 197 cm³/mol. The molecule has 45 heavy (non-hydrogen) atoms. The molecule has 0 aromatic carbocycles. The maximum absolute atomic E-state index is 12.1. The van der Waals surface area contributed by atoms with Crippen LogP contribution < -0.4 is 5.32 Å². The van der Waals surface area contributed by atoms with E-state index < -0.39 is 12.1 Å². The standard InChI is InChI=1S/C41H63NO3/c1-3-5-7-9-10-11-12-13-14-15-16-17-18-19-20-21-22-23-24-25-26-27-28-29-30-31-32-33-35-37-41(45)42-39(38-43)40(44)36-34-8-6-4-2/h5,7,10-11,13-14,16-17,19-20,22-23,25-26,28-29,31-32,34,36,39-40,43-44H,3-4,6,8-9,12,15,18,21,24,27,30,33,35,37-38H2,1-2H3,(H,42,45)/b7-5-,11-10-,14-13-,17-16-,20-19-,23-22-,26-25-,29-28-,32-31-,36-34+. The van der Waals surface area contributed by atoms with Crippen LogP contribution in [-0.4, -0.2) is 34.9 Å². The summed E-state index contributed by atoms with van der Waals surface area (Å²) in [6.45, 7) is 3.99. The minimum atomic E-state index is -0.867. The van der Waals surface area contributed by atoms with Crippen molar-refractivity contribution in [2.45, 2.75) is 122 Å². The van der Waals surface area contributed by atoms with E-state index in [1.165, 1.54) is 0 Å². The minimum Gasteiger partial charge on any atom is -0.394 e. The highest BCUT2D eigenvalue weighted by molar-refractivity contribution is 5.76. The van der Waals surface area contributed by atoms with Gasteiger partial charge in [0.1, 0.15) is 0 Å². The Bertz CT molecular complexity index is 975. The zero-order valence-corrected chi connectivity index (χ0v) is 28.3. The number of hydrogen-bond donors (Lipinski definition) is 3. The van der Waals surface area contributed by atoms with Crippen LogP contribution in [0.1, 0.15) is 110 Å². The van der Waals surface area contributed by atoms with Crippen LogP contribution >= 0.6 is 0 Å². The lowest BCUT2D eigenvalue weighted by atomic mass is 10.1. The van der Waals surface area contributed by atoms with Crippen molar-refractivity contribution in [2.24, 2.45) is 0 Å². The lowest BCUT2D eigenvalue weighted by Gasteiger charge is -2.19. The highest BCUT2D eigenvalue weighted by Crippen LogP contribution is 2.04. The van der Waals surface area contributed by atoms with Gasteiger partial charge in [0.25, 0.3) is 0 Å². The molecule has 4 heteroatoms. The van der Waals surface area contributed by atoms with Crippen LogP contribution in [0.2, 0.25) is 0 Å². The summed E-state index contributed by atoms with van der Waals surface area (Å²) in [5.74, 6) is -0.140. The molecule has 0 radical (unpaired) electrons. The highest BCUT2D eigenvalue weighted by atomic mass is 16.3. The average molecular weight is 618 g/mol. The van der Waals surface area contributed by atoms with Gasteiger partial charge in [0.2, 0.25) is 5.91 Å². The Hall–Kier alpha value is -3.21. The number of nitrogens with one attached hydrogen (secondary N) is 1. The molecule has 0 bridgehead atoms. The maximum atomic E-state index is 12.1. The van der Waals surface area contributed by atoms with Gasteiger partial charge in [0.05, 0.1) is 18.8 Å². The van der Waals surface area contributed by atoms with E-state index in [0.29, 0.717) is 6.42 Å². The van der Waals surface area contributed by atoms with Crippen LogP contribution in [0.4, 0.5) is 0 Å². The normalized spacial score (nSPS) is 14.7. The van der Waals surface area contributed by atoms with E-state index in [1.807, 2.05) is 6.08 Å². The van der Waals surface area contributed by atoms with E-state index in [2.05, 4.69) is 129 Å².